The van der Waals surface area contributed by atoms with Crippen LogP contribution in [-0.2, 0) is 5.60 Å². The number of benzene rings is 2. The molecular weight excluding hydrogens is 289 g/mol. The van der Waals surface area contributed by atoms with Crippen LogP contribution in [-0.4, -0.2) is 18.2 Å². The van der Waals surface area contributed by atoms with Crippen molar-refractivity contribution in [3.8, 4) is 11.1 Å². The molecule has 0 aromatic heterocycles. The molecule has 2 rings (SSSR count). The zero-order chi connectivity index (χ0) is 16.9. The molecule has 2 nitrogen and oxygen atoms in total. The van der Waals surface area contributed by atoms with Gasteiger partial charge < -0.3 is 10.4 Å². The maximum Gasteiger partial charge on any atom is 0.123 e. The van der Waals surface area contributed by atoms with Crippen molar-refractivity contribution in [2.75, 3.05) is 13.1 Å². The molecule has 3 heteroatoms. The highest BCUT2D eigenvalue weighted by atomic mass is 19.1. The summed E-state index contributed by atoms with van der Waals surface area (Å²) < 4.78 is 13.0. The van der Waals surface area contributed by atoms with Crippen molar-refractivity contribution in [1.29, 1.82) is 0 Å². The lowest BCUT2D eigenvalue weighted by molar-refractivity contribution is 0.0479. The van der Waals surface area contributed by atoms with Gasteiger partial charge >= 0.3 is 0 Å². The largest absolute Gasteiger partial charge is 0.385 e. The highest BCUT2D eigenvalue weighted by Gasteiger charge is 2.22. The zero-order valence-electron chi connectivity index (χ0n) is 14.1. The summed E-state index contributed by atoms with van der Waals surface area (Å²) in [5.74, 6) is 0.372. The van der Waals surface area contributed by atoms with E-state index in [9.17, 15) is 9.50 Å². The molecule has 23 heavy (non-hydrogen) atoms. The fourth-order valence-electron chi connectivity index (χ4n) is 2.53. The number of nitrogens with one attached hydrogen (secondary N) is 1. The van der Waals surface area contributed by atoms with E-state index in [1.807, 2.05) is 31.2 Å². The first-order valence-electron chi connectivity index (χ1n) is 8.18. The average molecular weight is 315 g/mol. The smallest absolute Gasteiger partial charge is 0.123 e. The predicted octanol–water partition coefficient (Wildman–Crippen LogP) is 4.34. The third-order valence-corrected chi connectivity index (χ3v) is 4.03. The second-order valence-electron chi connectivity index (χ2n) is 6.71. The Morgan fingerprint density at radius 3 is 2.04 bits per heavy atom. The van der Waals surface area contributed by atoms with Crippen molar-refractivity contribution < 1.29 is 9.50 Å². The standard InChI is InChI=1S/C20H26FNO/c1-15(2)14-22-13-12-20(3,23)18-8-4-16(5-9-18)17-6-10-19(21)11-7-17/h4-11,15,22-23H,12-14H2,1-3H3. The molecule has 0 aliphatic carbocycles. The van der Waals surface area contributed by atoms with Crippen LogP contribution < -0.4 is 5.32 Å². The molecule has 0 spiro atoms. The molecule has 1 unspecified atom stereocenters. The maximum absolute atomic E-state index is 13.0. The molecule has 0 aliphatic rings. The van der Waals surface area contributed by atoms with Crippen LogP contribution in [0, 0.1) is 11.7 Å². The van der Waals surface area contributed by atoms with E-state index in [1.165, 1.54) is 12.1 Å². The fourth-order valence-corrected chi connectivity index (χ4v) is 2.53. The van der Waals surface area contributed by atoms with Crippen LogP contribution in [0.25, 0.3) is 11.1 Å². The van der Waals surface area contributed by atoms with Gasteiger partial charge in [0.05, 0.1) is 5.60 Å². The molecule has 0 fully saturated rings. The van der Waals surface area contributed by atoms with Crippen LogP contribution in [0.2, 0.25) is 0 Å². The van der Waals surface area contributed by atoms with Crippen LogP contribution >= 0.6 is 0 Å². The number of halogens is 1. The first kappa shape index (κ1) is 17.6. The van der Waals surface area contributed by atoms with Crippen LogP contribution in [0.5, 0.6) is 0 Å². The Morgan fingerprint density at radius 1 is 1.00 bits per heavy atom. The monoisotopic (exact) mass is 315 g/mol. The van der Waals surface area contributed by atoms with Gasteiger partial charge in [0.15, 0.2) is 0 Å². The third-order valence-electron chi connectivity index (χ3n) is 4.03. The molecule has 0 saturated carbocycles. The Kier molecular flexibility index (Phi) is 5.91. The summed E-state index contributed by atoms with van der Waals surface area (Å²) in [7, 11) is 0. The molecule has 0 bridgehead atoms. The molecule has 0 aliphatic heterocycles. The summed E-state index contributed by atoms with van der Waals surface area (Å²) in [6.45, 7) is 7.92. The Balaban J connectivity index is 2.01. The average Bonchev–Trinajstić information content (AvgIpc) is 2.52. The second kappa shape index (κ2) is 7.71. The number of hydrogen-bond donors (Lipinski definition) is 2. The van der Waals surface area contributed by atoms with Gasteiger partial charge in [0.1, 0.15) is 5.82 Å². The van der Waals surface area contributed by atoms with E-state index in [1.54, 1.807) is 12.1 Å². The molecule has 0 radical (unpaired) electrons. The lowest BCUT2D eigenvalue weighted by atomic mass is 9.91. The molecule has 0 saturated heterocycles. The molecule has 1 atom stereocenters. The lowest BCUT2D eigenvalue weighted by Gasteiger charge is -2.24. The minimum Gasteiger partial charge on any atom is -0.385 e. The second-order valence-corrected chi connectivity index (χ2v) is 6.71. The van der Waals surface area contributed by atoms with Gasteiger partial charge in [0.25, 0.3) is 0 Å². The van der Waals surface area contributed by atoms with Crippen molar-refractivity contribution >= 4 is 0 Å². The molecular formula is C20H26FNO. The highest BCUT2D eigenvalue weighted by molar-refractivity contribution is 5.63. The van der Waals surface area contributed by atoms with Crippen LogP contribution in [0.1, 0.15) is 32.8 Å². The van der Waals surface area contributed by atoms with E-state index in [2.05, 4.69) is 19.2 Å². The highest BCUT2D eigenvalue weighted by Crippen LogP contribution is 2.27. The van der Waals surface area contributed by atoms with Crippen LogP contribution in [0.4, 0.5) is 4.39 Å². The van der Waals surface area contributed by atoms with Crippen molar-refractivity contribution in [1.82, 2.24) is 5.32 Å². The number of hydrogen-bond acceptors (Lipinski definition) is 2. The quantitative estimate of drug-likeness (QED) is 0.745. The SMILES string of the molecule is CC(C)CNCCC(C)(O)c1ccc(-c2ccc(F)cc2)cc1. The Labute approximate surface area is 138 Å². The van der Waals surface area contributed by atoms with Crippen molar-refractivity contribution in [3.63, 3.8) is 0 Å². The van der Waals surface area contributed by atoms with E-state index >= 15 is 0 Å². The van der Waals surface area contributed by atoms with Gasteiger partial charge in [-0.25, -0.2) is 4.39 Å². The van der Waals surface area contributed by atoms with Gasteiger partial charge in [-0.05, 0) is 61.2 Å². The summed E-state index contributed by atoms with van der Waals surface area (Å²) in [5, 5.41) is 14.0. The fraction of sp³-hybridized carbons (Fsp3) is 0.400. The van der Waals surface area contributed by atoms with Gasteiger partial charge in [0.2, 0.25) is 0 Å². The van der Waals surface area contributed by atoms with Gasteiger partial charge in [-0.15, -0.1) is 0 Å². The third kappa shape index (κ3) is 5.15. The van der Waals surface area contributed by atoms with Gasteiger partial charge in [-0.2, -0.15) is 0 Å². The number of rotatable bonds is 7. The topological polar surface area (TPSA) is 32.3 Å². The normalized spacial score (nSPS) is 14.0. The van der Waals surface area contributed by atoms with E-state index in [0.29, 0.717) is 12.3 Å². The van der Waals surface area contributed by atoms with Gasteiger partial charge in [0, 0.05) is 0 Å². The Morgan fingerprint density at radius 2 is 1.52 bits per heavy atom. The Hall–Kier alpha value is -1.71. The first-order chi connectivity index (χ1) is 10.9. The zero-order valence-corrected chi connectivity index (χ0v) is 14.1. The molecule has 2 N–H and O–H groups in total. The summed E-state index contributed by atoms with van der Waals surface area (Å²) in [5.41, 5.74) is 2.03. The van der Waals surface area contributed by atoms with E-state index in [-0.39, 0.29) is 5.82 Å². The van der Waals surface area contributed by atoms with Crippen molar-refractivity contribution in [2.45, 2.75) is 32.8 Å². The van der Waals surface area contributed by atoms with Gasteiger partial charge in [-0.1, -0.05) is 50.2 Å². The molecule has 2 aromatic carbocycles. The van der Waals surface area contributed by atoms with Gasteiger partial charge in [-0.3, -0.25) is 0 Å². The summed E-state index contributed by atoms with van der Waals surface area (Å²) in [6, 6.07) is 14.3. The number of aliphatic hydroxyl groups is 1. The predicted molar refractivity (Wildman–Crippen MR) is 93.7 cm³/mol. The summed E-state index contributed by atoms with van der Waals surface area (Å²) in [4.78, 5) is 0. The lowest BCUT2D eigenvalue weighted by Crippen LogP contribution is -2.29. The summed E-state index contributed by atoms with van der Waals surface area (Å²) in [6.07, 6.45) is 0.662. The van der Waals surface area contributed by atoms with Crippen molar-refractivity contribution in [2.24, 2.45) is 5.92 Å². The minimum absolute atomic E-state index is 0.234. The molecule has 0 amide bonds. The van der Waals surface area contributed by atoms with Crippen molar-refractivity contribution in [3.05, 3.63) is 59.9 Å². The van der Waals surface area contributed by atoms with E-state index in [4.69, 9.17) is 0 Å². The van der Waals surface area contributed by atoms with E-state index in [0.717, 1.165) is 29.8 Å². The van der Waals surface area contributed by atoms with E-state index < -0.39 is 5.60 Å². The molecule has 0 heterocycles. The Bertz CT molecular complexity index is 603. The molecule has 124 valence electrons. The van der Waals surface area contributed by atoms with Crippen LogP contribution in [0.15, 0.2) is 48.5 Å². The first-order valence-corrected chi connectivity index (χ1v) is 8.18. The van der Waals surface area contributed by atoms with Crippen LogP contribution in [0.3, 0.4) is 0 Å². The molecule has 2 aromatic rings. The summed E-state index contributed by atoms with van der Waals surface area (Å²) >= 11 is 0. The minimum atomic E-state index is -0.856. The maximum atomic E-state index is 13.0.